The zero-order chi connectivity index (χ0) is 22.6. The average molecular weight is 430 g/mol. The van der Waals surface area contributed by atoms with Gasteiger partial charge in [0.15, 0.2) is 0 Å². The molecule has 0 fully saturated rings. The van der Waals surface area contributed by atoms with Crippen LogP contribution in [0.15, 0.2) is 91.0 Å². The lowest BCUT2D eigenvalue weighted by atomic mass is 10.1. The number of rotatable bonds is 10. The van der Waals surface area contributed by atoms with Crippen molar-refractivity contribution in [3.8, 4) is 0 Å². The summed E-state index contributed by atoms with van der Waals surface area (Å²) in [7, 11) is 0. The molecule has 0 aromatic heterocycles. The molecule has 0 aliphatic carbocycles. The minimum absolute atomic E-state index is 0.139. The van der Waals surface area contributed by atoms with E-state index in [0.717, 1.165) is 16.7 Å². The van der Waals surface area contributed by atoms with Crippen molar-refractivity contribution in [2.45, 2.75) is 32.3 Å². The summed E-state index contributed by atoms with van der Waals surface area (Å²) < 4.78 is 5.29. The Labute approximate surface area is 188 Å². The van der Waals surface area contributed by atoms with Crippen LogP contribution in [0.3, 0.4) is 0 Å². The van der Waals surface area contributed by atoms with E-state index in [9.17, 15) is 14.4 Å². The molecule has 2 amide bonds. The molecule has 164 valence electrons. The maximum Gasteiger partial charge on any atom is 0.306 e. The van der Waals surface area contributed by atoms with Crippen LogP contribution < -0.4 is 0 Å². The topological polar surface area (TPSA) is 63.7 Å². The van der Waals surface area contributed by atoms with Crippen LogP contribution in [0.25, 0.3) is 0 Å². The second kappa shape index (κ2) is 12.2. The number of hydrogen-bond donors (Lipinski definition) is 0. The first kappa shape index (κ1) is 22.9. The van der Waals surface area contributed by atoms with Crippen LogP contribution in [0.4, 0.5) is 0 Å². The van der Waals surface area contributed by atoms with Crippen LogP contribution in [0.5, 0.6) is 0 Å². The molecule has 0 heterocycles. The number of esters is 1. The quantitative estimate of drug-likeness (QED) is 0.450. The Kier molecular flexibility index (Phi) is 8.75. The Morgan fingerprint density at radius 1 is 0.625 bits per heavy atom. The Hall–Kier alpha value is -3.73. The molecule has 3 rings (SSSR count). The van der Waals surface area contributed by atoms with Gasteiger partial charge in [-0.15, -0.1) is 0 Å². The predicted octanol–water partition coefficient (Wildman–Crippen LogP) is 4.35. The summed E-state index contributed by atoms with van der Waals surface area (Å²) in [6, 6.07) is 28.1. The fraction of sp³-hybridized carbons (Fsp3) is 0.222. The molecular weight excluding hydrogens is 402 g/mol. The van der Waals surface area contributed by atoms with Crippen LogP contribution in [-0.4, -0.2) is 29.2 Å². The molecule has 32 heavy (non-hydrogen) atoms. The van der Waals surface area contributed by atoms with Gasteiger partial charge in [-0.1, -0.05) is 91.0 Å². The number of hydrogen-bond acceptors (Lipinski definition) is 4. The zero-order valence-corrected chi connectivity index (χ0v) is 18.0. The van der Waals surface area contributed by atoms with Crippen molar-refractivity contribution in [1.82, 2.24) is 4.90 Å². The van der Waals surface area contributed by atoms with Crippen LogP contribution in [-0.2, 0) is 38.6 Å². The zero-order valence-electron chi connectivity index (χ0n) is 18.0. The maximum absolute atomic E-state index is 12.9. The molecule has 0 aliphatic rings. The largest absolute Gasteiger partial charge is 0.461 e. The first-order valence-corrected chi connectivity index (χ1v) is 10.7. The van der Waals surface area contributed by atoms with Gasteiger partial charge in [-0.2, -0.15) is 0 Å². The van der Waals surface area contributed by atoms with Crippen molar-refractivity contribution in [2.75, 3.05) is 6.54 Å². The number of amides is 2. The molecule has 5 nitrogen and oxygen atoms in total. The number of carbonyl (C=O) groups is 3. The Morgan fingerprint density at radius 2 is 1.06 bits per heavy atom. The normalized spacial score (nSPS) is 10.4. The van der Waals surface area contributed by atoms with Gasteiger partial charge in [0.1, 0.15) is 6.61 Å². The smallest absolute Gasteiger partial charge is 0.306 e. The molecular formula is C27H27NO4. The summed E-state index contributed by atoms with van der Waals surface area (Å²) in [4.78, 5) is 39.2. The van der Waals surface area contributed by atoms with Gasteiger partial charge in [0.25, 0.3) is 0 Å². The van der Waals surface area contributed by atoms with Gasteiger partial charge >= 0.3 is 5.97 Å². The van der Waals surface area contributed by atoms with Crippen molar-refractivity contribution in [1.29, 1.82) is 0 Å². The van der Waals surface area contributed by atoms with Crippen molar-refractivity contribution >= 4 is 17.8 Å². The van der Waals surface area contributed by atoms with Crippen LogP contribution >= 0.6 is 0 Å². The first-order valence-electron chi connectivity index (χ1n) is 10.7. The number of ether oxygens (including phenoxy) is 1. The highest BCUT2D eigenvalue weighted by Gasteiger charge is 2.22. The summed E-state index contributed by atoms with van der Waals surface area (Å²) >= 11 is 0. The van der Waals surface area contributed by atoms with E-state index in [-0.39, 0.29) is 50.2 Å². The van der Waals surface area contributed by atoms with E-state index in [1.54, 1.807) is 0 Å². The average Bonchev–Trinajstić information content (AvgIpc) is 2.82. The molecule has 0 unspecified atom stereocenters. The summed E-state index contributed by atoms with van der Waals surface area (Å²) in [5.41, 5.74) is 2.60. The number of carbonyl (C=O) groups excluding carboxylic acids is 3. The highest BCUT2D eigenvalue weighted by Crippen LogP contribution is 2.10. The molecule has 0 radical (unpaired) electrons. The maximum atomic E-state index is 12.9. The van der Waals surface area contributed by atoms with Crippen LogP contribution in [0.2, 0.25) is 0 Å². The van der Waals surface area contributed by atoms with Gasteiger partial charge in [-0.05, 0) is 23.1 Å². The lowest BCUT2D eigenvalue weighted by Crippen LogP contribution is -2.39. The summed E-state index contributed by atoms with van der Waals surface area (Å²) in [6.07, 6.45) is 0.773. The number of benzene rings is 3. The highest BCUT2D eigenvalue weighted by molar-refractivity contribution is 5.97. The molecule has 0 saturated carbocycles. The molecule has 0 bridgehead atoms. The first-order chi connectivity index (χ1) is 15.6. The molecule has 5 heteroatoms. The SMILES string of the molecule is O=C(CCCN(C(=O)Cc1ccccc1)C(=O)Cc1ccccc1)OCc1ccccc1. The van der Waals surface area contributed by atoms with E-state index in [0.29, 0.717) is 6.42 Å². The number of imide groups is 1. The molecule has 0 aliphatic heterocycles. The van der Waals surface area contributed by atoms with Gasteiger partial charge in [0.05, 0.1) is 12.8 Å². The predicted molar refractivity (Wildman–Crippen MR) is 122 cm³/mol. The van der Waals surface area contributed by atoms with Gasteiger partial charge in [0.2, 0.25) is 11.8 Å². The minimum Gasteiger partial charge on any atom is -0.461 e. The molecule has 0 atom stereocenters. The Morgan fingerprint density at radius 3 is 1.53 bits per heavy atom. The van der Waals surface area contributed by atoms with Gasteiger partial charge < -0.3 is 4.74 Å². The van der Waals surface area contributed by atoms with Crippen molar-refractivity contribution in [3.63, 3.8) is 0 Å². The fourth-order valence-electron chi connectivity index (χ4n) is 3.31. The molecule has 0 N–H and O–H groups in total. The standard InChI is InChI=1S/C27H27NO4/c29-25(19-22-11-4-1-5-12-22)28(26(30)20-23-13-6-2-7-14-23)18-10-17-27(31)32-21-24-15-8-3-9-16-24/h1-9,11-16H,10,17-21H2. The van der Waals surface area contributed by atoms with Crippen molar-refractivity contribution < 1.29 is 19.1 Å². The van der Waals surface area contributed by atoms with Gasteiger partial charge in [-0.25, -0.2) is 0 Å². The van der Waals surface area contributed by atoms with Crippen molar-refractivity contribution in [2.24, 2.45) is 0 Å². The Balaban J connectivity index is 1.56. The van der Waals surface area contributed by atoms with E-state index in [1.165, 1.54) is 4.90 Å². The summed E-state index contributed by atoms with van der Waals surface area (Å²) in [5, 5.41) is 0. The van der Waals surface area contributed by atoms with E-state index in [1.807, 2.05) is 91.0 Å². The van der Waals surface area contributed by atoms with Crippen molar-refractivity contribution in [3.05, 3.63) is 108 Å². The molecule has 0 spiro atoms. The second-order valence-electron chi connectivity index (χ2n) is 7.51. The lowest BCUT2D eigenvalue weighted by Gasteiger charge is -2.21. The van der Waals surface area contributed by atoms with E-state index < -0.39 is 0 Å². The minimum atomic E-state index is -0.347. The lowest BCUT2D eigenvalue weighted by molar-refractivity contribution is -0.148. The number of nitrogens with zero attached hydrogens (tertiary/aromatic N) is 1. The third-order valence-electron chi connectivity index (χ3n) is 5.00. The molecule has 3 aromatic carbocycles. The van der Waals surface area contributed by atoms with E-state index in [2.05, 4.69) is 0 Å². The third-order valence-corrected chi connectivity index (χ3v) is 5.00. The van der Waals surface area contributed by atoms with Gasteiger partial charge in [-0.3, -0.25) is 19.3 Å². The monoisotopic (exact) mass is 429 g/mol. The van der Waals surface area contributed by atoms with E-state index >= 15 is 0 Å². The Bertz CT molecular complexity index is 950. The third kappa shape index (κ3) is 7.51. The summed E-state index contributed by atoms with van der Waals surface area (Å²) in [5.74, 6) is -0.885. The van der Waals surface area contributed by atoms with Crippen LogP contribution in [0, 0.1) is 0 Å². The molecule has 0 saturated heterocycles. The van der Waals surface area contributed by atoms with Crippen LogP contribution in [0.1, 0.15) is 29.5 Å². The van der Waals surface area contributed by atoms with Gasteiger partial charge in [0, 0.05) is 13.0 Å². The summed E-state index contributed by atoms with van der Waals surface area (Å²) in [6.45, 7) is 0.390. The van der Waals surface area contributed by atoms with E-state index in [4.69, 9.17) is 4.74 Å². The fourth-order valence-corrected chi connectivity index (χ4v) is 3.31. The highest BCUT2D eigenvalue weighted by atomic mass is 16.5. The second-order valence-corrected chi connectivity index (χ2v) is 7.51. The molecule has 3 aromatic rings.